The summed E-state index contributed by atoms with van der Waals surface area (Å²) in [6, 6.07) is 20.0. The van der Waals surface area contributed by atoms with Crippen LogP contribution in [-0.4, -0.2) is 38.5 Å². The zero-order chi connectivity index (χ0) is 25.5. The normalized spacial score (nSPS) is 9.67. The number of hydrogen-bond acceptors (Lipinski definition) is 4. The molecule has 2 rings (SSSR count). The fraction of sp³-hybridized carbons (Fsp3) is 0.400. The Morgan fingerprint density at radius 3 is 1.47 bits per heavy atom. The lowest BCUT2D eigenvalue weighted by atomic mass is 10.1. The van der Waals surface area contributed by atoms with Crippen LogP contribution in [0.1, 0.15) is 52.5 Å². The van der Waals surface area contributed by atoms with Crippen LogP contribution in [0.15, 0.2) is 60.7 Å². The Hall–Kier alpha value is -3.90. The van der Waals surface area contributed by atoms with Gasteiger partial charge in [0.25, 0.3) is 0 Å². The first-order valence-electron chi connectivity index (χ1n) is 12.6. The fourth-order valence-electron chi connectivity index (χ4n) is 3.18. The molecule has 0 fully saturated rings. The third kappa shape index (κ3) is 15.1. The first-order chi connectivity index (χ1) is 17.7. The maximum atomic E-state index is 11.7. The van der Waals surface area contributed by atoms with E-state index < -0.39 is 0 Å². The number of alkyl carbamates (subject to hydrolysis) is 2. The van der Waals surface area contributed by atoms with Gasteiger partial charge in [-0.25, -0.2) is 9.59 Å². The van der Waals surface area contributed by atoms with Crippen LogP contribution in [0.5, 0.6) is 0 Å². The number of amides is 2. The van der Waals surface area contributed by atoms with Crippen molar-refractivity contribution < 1.29 is 21.9 Å². The lowest BCUT2D eigenvalue weighted by Crippen LogP contribution is -2.26. The van der Waals surface area contributed by atoms with Crippen LogP contribution in [0.2, 0.25) is 0 Å². The number of nitrogens with one attached hydrogen (secondary N) is 2. The molecule has 2 amide bonds. The molecule has 36 heavy (non-hydrogen) atoms. The molecule has 0 spiro atoms. The summed E-state index contributed by atoms with van der Waals surface area (Å²) >= 11 is 0. The molecule has 0 heterocycles. The van der Waals surface area contributed by atoms with Crippen LogP contribution in [0.25, 0.3) is 0 Å². The van der Waals surface area contributed by atoms with Gasteiger partial charge in [0.1, 0.15) is 0 Å². The van der Waals surface area contributed by atoms with Crippen molar-refractivity contribution in [2.24, 2.45) is 0 Å². The van der Waals surface area contributed by atoms with E-state index in [4.69, 9.17) is 9.47 Å². The van der Waals surface area contributed by atoms with Crippen molar-refractivity contribution in [1.82, 2.24) is 10.6 Å². The van der Waals surface area contributed by atoms with Crippen molar-refractivity contribution in [2.45, 2.75) is 51.4 Å². The van der Waals surface area contributed by atoms with Crippen LogP contribution in [0.4, 0.5) is 9.59 Å². The van der Waals surface area contributed by atoms with Gasteiger partial charge in [0.05, 0.1) is 13.2 Å². The number of ether oxygens (including phenoxy) is 2. The van der Waals surface area contributed by atoms with Crippen molar-refractivity contribution in [1.29, 1.82) is 0 Å². The first-order valence-corrected chi connectivity index (χ1v) is 12.6. The molecule has 2 aromatic rings. The highest BCUT2D eigenvalue weighted by Gasteiger charge is 2.02. The zero-order valence-corrected chi connectivity index (χ0v) is 20.9. The average molecular weight is 493 g/mol. The second-order valence-corrected chi connectivity index (χ2v) is 8.11. The fourth-order valence-corrected chi connectivity index (χ4v) is 3.18. The molecule has 0 saturated carbocycles. The van der Waals surface area contributed by atoms with Gasteiger partial charge in [0, 0.05) is 28.8 Å². The van der Waals surface area contributed by atoms with E-state index in [0.717, 1.165) is 51.4 Å². The van der Waals surface area contributed by atoms with Crippen LogP contribution >= 0.6 is 0 Å². The summed E-state index contributed by atoms with van der Waals surface area (Å²) in [4.78, 5) is 23.3. The van der Waals surface area contributed by atoms with E-state index in [2.05, 4.69) is 34.3 Å². The average Bonchev–Trinajstić information content (AvgIpc) is 2.90. The Kier molecular flexibility index (Phi) is 15.3. The van der Waals surface area contributed by atoms with E-state index in [0.29, 0.717) is 26.3 Å². The van der Waals surface area contributed by atoms with E-state index in [1.165, 1.54) is 11.1 Å². The summed E-state index contributed by atoms with van der Waals surface area (Å²) in [5.41, 5.74) is 2.37. The third-order valence-corrected chi connectivity index (χ3v) is 5.15. The van der Waals surface area contributed by atoms with E-state index in [-0.39, 0.29) is 15.0 Å². The van der Waals surface area contributed by atoms with E-state index in [1.807, 2.05) is 60.7 Å². The van der Waals surface area contributed by atoms with Crippen molar-refractivity contribution in [2.75, 3.05) is 26.3 Å². The molecule has 0 aliphatic heterocycles. The summed E-state index contributed by atoms with van der Waals surface area (Å²) < 4.78 is 10.3. The van der Waals surface area contributed by atoms with Gasteiger partial charge in [-0.1, -0.05) is 72.5 Å². The molecular weight excluding hydrogens is 452 g/mol. The molecule has 0 unspecified atom stereocenters. The lowest BCUT2D eigenvalue weighted by Gasteiger charge is -2.06. The minimum Gasteiger partial charge on any atom is -0.450 e. The van der Waals surface area contributed by atoms with Gasteiger partial charge in [-0.2, -0.15) is 0 Å². The van der Waals surface area contributed by atoms with Gasteiger partial charge in [-0.05, 0) is 61.5 Å². The van der Waals surface area contributed by atoms with Crippen LogP contribution < -0.4 is 10.6 Å². The highest BCUT2D eigenvalue weighted by molar-refractivity contribution is 5.67. The minimum absolute atomic E-state index is 0. The van der Waals surface area contributed by atoms with E-state index >= 15 is 0 Å². The number of unbranched alkanes of at least 4 members (excludes halogenated alkanes) is 4. The molecule has 6 heteroatoms. The predicted molar refractivity (Wildman–Crippen MR) is 146 cm³/mol. The second kappa shape index (κ2) is 19.4. The number of carbonyl (C=O) groups excluding carboxylic acids is 2. The summed E-state index contributed by atoms with van der Waals surface area (Å²) in [6.45, 7) is 1.89. The molecule has 0 aromatic heterocycles. The Morgan fingerprint density at radius 1 is 0.639 bits per heavy atom. The Bertz CT molecular complexity index is 929. The van der Waals surface area contributed by atoms with Crippen molar-refractivity contribution in [3.63, 3.8) is 0 Å². The first kappa shape index (κ1) is 28.3. The van der Waals surface area contributed by atoms with Gasteiger partial charge in [0.15, 0.2) is 0 Å². The van der Waals surface area contributed by atoms with Gasteiger partial charge in [-0.3, -0.25) is 0 Å². The molecule has 2 N–H and O–H groups in total. The summed E-state index contributed by atoms with van der Waals surface area (Å²) in [7, 11) is 0. The molecule has 0 aliphatic rings. The molecule has 194 valence electrons. The maximum absolute atomic E-state index is 11.7. The summed E-state index contributed by atoms with van der Waals surface area (Å²) in [5.74, 6) is 11.7. The number of hydrogen-bond donors (Lipinski definition) is 2. The highest BCUT2D eigenvalue weighted by atomic mass is 16.6. The number of carbonyl (C=O) groups is 2. The molecular formula is C30H40N2O4. The van der Waals surface area contributed by atoms with Gasteiger partial charge in [-0.15, -0.1) is 0 Å². The molecule has 6 nitrogen and oxygen atoms in total. The van der Waals surface area contributed by atoms with Crippen LogP contribution in [0, 0.1) is 23.7 Å². The van der Waals surface area contributed by atoms with Crippen LogP contribution in [0.3, 0.4) is 0 Å². The molecule has 0 saturated heterocycles. The van der Waals surface area contributed by atoms with Crippen molar-refractivity contribution >= 4 is 12.2 Å². The van der Waals surface area contributed by atoms with E-state index in [9.17, 15) is 9.59 Å². The van der Waals surface area contributed by atoms with E-state index in [1.54, 1.807) is 0 Å². The molecule has 0 radical (unpaired) electrons. The van der Waals surface area contributed by atoms with Gasteiger partial charge in [0.2, 0.25) is 0 Å². The Morgan fingerprint density at radius 2 is 1.06 bits per heavy atom. The Labute approximate surface area is 218 Å². The third-order valence-electron chi connectivity index (χ3n) is 5.15. The second-order valence-electron chi connectivity index (χ2n) is 8.11. The maximum Gasteiger partial charge on any atom is 0.407 e. The SMILES string of the molecule is O=C(NCCc1ccccc1)OCCCCC#CC#CCCCCOC(=O)NCCc1ccccc1.[HH].[HH]. The van der Waals surface area contributed by atoms with Gasteiger partial charge >= 0.3 is 12.2 Å². The van der Waals surface area contributed by atoms with Crippen molar-refractivity contribution in [3.05, 3.63) is 71.8 Å². The quantitative estimate of drug-likeness (QED) is 0.260. The summed E-state index contributed by atoms with van der Waals surface area (Å²) in [5, 5.41) is 5.52. The van der Waals surface area contributed by atoms with Gasteiger partial charge < -0.3 is 20.1 Å². The number of rotatable bonds is 14. The number of benzene rings is 2. The smallest absolute Gasteiger partial charge is 0.407 e. The van der Waals surface area contributed by atoms with Crippen molar-refractivity contribution in [3.8, 4) is 23.7 Å². The molecule has 2 aromatic carbocycles. The zero-order valence-electron chi connectivity index (χ0n) is 20.9. The topological polar surface area (TPSA) is 76.7 Å². The molecule has 0 atom stereocenters. The summed E-state index contributed by atoms with van der Waals surface area (Å²) in [6.07, 6.45) is 5.52. The Balaban J connectivity index is 0.00000684. The lowest BCUT2D eigenvalue weighted by molar-refractivity contribution is 0.143. The molecule has 0 bridgehead atoms. The van der Waals surface area contributed by atoms with Crippen LogP contribution in [-0.2, 0) is 22.3 Å². The predicted octanol–water partition coefficient (Wildman–Crippen LogP) is 5.76. The largest absolute Gasteiger partial charge is 0.450 e. The minimum atomic E-state index is -0.378. The molecule has 0 aliphatic carbocycles. The standard InChI is InChI=1S/C30H36N2O4.2H2/c33-29(31-23-21-27-17-11-9-12-18-27)35-25-15-7-5-3-1-2-4-6-8-16-26-36-30(34)32-24-22-28-19-13-10-14-20-28;;/h9-14,17-20H,5-8,15-16,21-26H2,(H,31,33)(H,32,34);2*1H. The highest BCUT2D eigenvalue weighted by Crippen LogP contribution is 2.00. The monoisotopic (exact) mass is 492 g/mol.